The Morgan fingerprint density at radius 1 is 1.00 bits per heavy atom. The monoisotopic (exact) mass is 274 g/mol. The number of rotatable bonds is 11. The predicted molar refractivity (Wildman–Crippen MR) is 91.3 cm³/mol. The van der Waals surface area contributed by atoms with E-state index in [2.05, 4.69) is 39.5 Å². The highest BCUT2D eigenvalue weighted by atomic mass is 14.4. The molecule has 0 radical (unpaired) electrons. The Hall–Kier alpha value is -0.880. The number of terminal acetylenes is 2. The Balaban J connectivity index is 5.27. The maximum Gasteiger partial charge on any atom is 0.0259 e. The van der Waals surface area contributed by atoms with Gasteiger partial charge < -0.3 is 0 Å². The fraction of sp³-hybridized carbons (Fsp3) is 0.800. The molecular formula is C20H34. The highest BCUT2D eigenvalue weighted by Gasteiger charge is 2.40. The molecule has 20 heavy (non-hydrogen) atoms. The lowest BCUT2D eigenvalue weighted by Crippen LogP contribution is -2.36. The molecule has 0 rings (SSSR count). The SMILES string of the molecule is C#CCCCC(CCCC)(C(C)CC)C(C#C)CCC. The van der Waals surface area contributed by atoms with Gasteiger partial charge in [0.25, 0.3) is 0 Å². The second-order valence-corrected chi connectivity index (χ2v) is 6.21. The zero-order valence-corrected chi connectivity index (χ0v) is 14.2. The van der Waals surface area contributed by atoms with Crippen molar-refractivity contribution in [3.63, 3.8) is 0 Å². The van der Waals surface area contributed by atoms with Gasteiger partial charge in [-0.3, -0.25) is 0 Å². The zero-order valence-electron chi connectivity index (χ0n) is 14.2. The summed E-state index contributed by atoms with van der Waals surface area (Å²) >= 11 is 0. The summed E-state index contributed by atoms with van der Waals surface area (Å²) in [5.74, 6) is 7.02. The summed E-state index contributed by atoms with van der Waals surface area (Å²) < 4.78 is 0. The molecule has 0 aliphatic rings. The van der Waals surface area contributed by atoms with E-state index in [4.69, 9.17) is 12.8 Å². The van der Waals surface area contributed by atoms with Crippen LogP contribution >= 0.6 is 0 Å². The van der Waals surface area contributed by atoms with E-state index in [0.29, 0.717) is 17.3 Å². The van der Waals surface area contributed by atoms with Gasteiger partial charge in [-0.25, -0.2) is 0 Å². The van der Waals surface area contributed by atoms with Gasteiger partial charge in [-0.1, -0.05) is 53.4 Å². The van der Waals surface area contributed by atoms with Crippen LogP contribution in [0.2, 0.25) is 0 Å². The van der Waals surface area contributed by atoms with Crippen LogP contribution in [0, 0.1) is 41.9 Å². The summed E-state index contributed by atoms with van der Waals surface area (Å²) in [6.07, 6.45) is 21.9. The molecule has 0 spiro atoms. The average molecular weight is 274 g/mol. The molecule has 0 nitrogen and oxygen atoms in total. The Kier molecular flexibility index (Phi) is 10.4. The minimum Gasteiger partial charge on any atom is -0.120 e. The van der Waals surface area contributed by atoms with Crippen molar-refractivity contribution in [3.8, 4) is 24.7 Å². The summed E-state index contributed by atoms with van der Waals surface area (Å²) in [6, 6.07) is 0. The van der Waals surface area contributed by atoms with Gasteiger partial charge in [-0.2, -0.15) is 0 Å². The van der Waals surface area contributed by atoms with Crippen LogP contribution in [0.25, 0.3) is 0 Å². The van der Waals surface area contributed by atoms with E-state index in [1.165, 1.54) is 38.5 Å². The summed E-state index contributed by atoms with van der Waals surface area (Å²) in [5.41, 5.74) is 0.298. The van der Waals surface area contributed by atoms with Crippen LogP contribution in [0.4, 0.5) is 0 Å². The fourth-order valence-electron chi connectivity index (χ4n) is 3.57. The highest BCUT2D eigenvalue weighted by molar-refractivity contribution is 5.05. The van der Waals surface area contributed by atoms with Crippen molar-refractivity contribution in [2.75, 3.05) is 0 Å². The van der Waals surface area contributed by atoms with E-state index in [1.54, 1.807) is 0 Å². The molecule has 3 atom stereocenters. The summed E-state index contributed by atoms with van der Waals surface area (Å²) in [5, 5.41) is 0. The third-order valence-electron chi connectivity index (χ3n) is 5.03. The van der Waals surface area contributed by atoms with E-state index >= 15 is 0 Å². The molecule has 0 aromatic carbocycles. The van der Waals surface area contributed by atoms with E-state index in [0.717, 1.165) is 19.3 Å². The third kappa shape index (κ3) is 5.25. The fourth-order valence-corrected chi connectivity index (χ4v) is 3.57. The van der Waals surface area contributed by atoms with E-state index in [1.807, 2.05) is 0 Å². The summed E-state index contributed by atoms with van der Waals surface area (Å²) in [6.45, 7) is 9.21. The lowest BCUT2D eigenvalue weighted by molar-refractivity contribution is 0.0723. The first kappa shape index (κ1) is 19.1. The molecule has 0 heterocycles. The second-order valence-electron chi connectivity index (χ2n) is 6.21. The molecule has 0 N–H and O–H groups in total. The van der Waals surface area contributed by atoms with Crippen molar-refractivity contribution in [2.24, 2.45) is 17.3 Å². The Morgan fingerprint density at radius 3 is 2.10 bits per heavy atom. The second kappa shape index (κ2) is 10.9. The lowest BCUT2D eigenvalue weighted by atomic mass is 9.60. The van der Waals surface area contributed by atoms with Crippen molar-refractivity contribution in [1.82, 2.24) is 0 Å². The molecule has 0 amide bonds. The van der Waals surface area contributed by atoms with Gasteiger partial charge >= 0.3 is 0 Å². The molecule has 0 aromatic heterocycles. The zero-order chi connectivity index (χ0) is 15.4. The Bertz CT molecular complexity index is 314. The molecule has 0 heteroatoms. The van der Waals surface area contributed by atoms with Crippen molar-refractivity contribution in [2.45, 2.75) is 85.5 Å². The van der Waals surface area contributed by atoms with Gasteiger partial charge in [-0.05, 0) is 37.0 Å². The molecule has 0 fully saturated rings. The summed E-state index contributed by atoms with van der Waals surface area (Å²) in [4.78, 5) is 0. The molecule has 0 saturated carbocycles. The molecule has 0 aliphatic heterocycles. The first-order valence-electron chi connectivity index (χ1n) is 8.52. The quantitative estimate of drug-likeness (QED) is 0.317. The standard InChI is InChI=1S/C20H34/c1-7-12-14-17-20(16-13-8-2,18(6)10-4)19(11-5)15-9-3/h1,5,18-19H,8-10,12-17H2,2-4,6H3. The van der Waals surface area contributed by atoms with Crippen LogP contribution in [-0.4, -0.2) is 0 Å². The number of hydrogen-bond acceptors (Lipinski definition) is 0. The smallest absolute Gasteiger partial charge is 0.0259 e. The molecule has 0 bridgehead atoms. The van der Waals surface area contributed by atoms with Crippen molar-refractivity contribution < 1.29 is 0 Å². The number of unbranched alkanes of at least 4 members (excludes halogenated alkanes) is 2. The van der Waals surface area contributed by atoms with Gasteiger partial charge in [0, 0.05) is 12.3 Å². The molecular weight excluding hydrogens is 240 g/mol. The van der Waals surface area contributed by atoms with Crippen LogP contribution in [0.3, 0.4) is 0 Å². The average Bonchev–Trinajstić information content (AvgIpc) is 2.48. The largest absolute Gasteiger partial charge is 0.120 e. The van der Waals surface area contributed by atoms with Crippen molar-refractivity contribution in [1.29, 1.82) is 0 Å². The van der Waals surface area contributed by atoms with Crippen LogP contribution in [0.1, 0.15) is 85.5 Å². The topological polar surface area (TPSA) is 0 Å². The van der Waals surface area contributed by atoms with Gasteiger partial charge in [0.2, 0.25) is 0 Å². The van der Waals surface area contributed by atoms with Gasteiger partial charge in [0.05, 0.1) is 0 Å². The maximum atomic E-state index is 5.92. The maximum absolute atomic E-state index is 5.92. The normalized spacial score (nSPS) is 16.7. The van der Waals surface area contributed by atoms with Crippen LogP contribution in [0.15, 0.2) is 0 Å². The van der Waals surface area contributed by atoms with E-state index in [-0.39, 0.29) is 0 Å². The minimum atomic E-state index is 0.298. The molecule has 3 unspecified atom stereocenters. The van der Waals surface area contributed by atoms with Gasteiger partial charge in [-0.15, -0.1) is 24.7 Å². The van der Waals surface area contributed by atoms with Crippen LogP contribution in [-0.2, 0) is 0 Å². The minimum absolute atomic E-state index is 0.298. The molecule has 0 saturated heterocycles. The molecule has 0 aliphatic carbocycles. The van der Waals surface area contributed by atoms with E-state index < -0.39 is 0 Å². The van der Waals surface area contributed by atoms with Crippen LogP contribution < -0.4 is 0 Å². The van der Waals surface area contributed by atoms with Gasteiger partial charge in [0.15, 0.2) is 0 Å². The van der Waals surface area contributed by atoms with Crippen LogP contribution in [0.5, 0.6) is 0 Å². The van der Waals surface area contributed by atoms with Crippen molar-refractivity contribution >= 4 is 0 Å². The van der Waals surface area contributed by atoms with E-state index in [9.17, 15) is 0 Å². The van der Waals surface area contributed by atoms with Crippen molar-refractivity contribution in [3.05, 3.63) is 0 Å². The first-order valence-corrected chi connectivity index (χ1v) is 8.52. The molecule has 0 aromatic rings. The predicted octanol–water partition coefficient (Wildman–Crippen LogP) is 6.06. The Morgan fingerprint density at radius 2 is 1.65 bits per heavy atom. The first-order chi connectivity index (χ1) is 9.62. The van der Waals surface area contributed by atoms with Gasteiger partial charge in [0.1, 0.15) is 0 Å². The highest BCUT2D eigenvalue weighted by Crippen LogP contribution is 2.48. The summed E-state index contributed by atoms with van der Waals surface area (Å²) in [7, 11) is 0. The third-order valence-corrected chi connectivity index (χ3v) is 5.03. The lowest BCUT2D eigenvalue weighted by Gasteiger charge is -2.44. The number of hydrogen-bond donors (Lipinski definition) is 0. The molecule has 114 valence electrons. The Labute approximate surface area is 128 Å².